The van der Waals surface area contributed by atoms with E-state index in [0.29, 0.717) is 18.8 Å². The molecule has 1 aliphatic heterocycles. The molecule has 0 atom stereocenters. The van der Waals surface area contributed by atoms with Gasteiger partial charge in [0.05, 0.1) is 7.11 Å². The van der Waals surface area contributed by atoms with E-state index in [-0.39, 0.29) is 11.5 Å². The lowest BCUT2D eigenvalue weighted by Crippen LogP contribution is -2.28. The van der Waals surface area contributed by atoms with E-state index in [1.165, 1.54) is 19.2 Å². The number of rotatable bonds is 2. The van der Waals surface area contributed by atoms with Crippen LogP contribution in [0.5, 0.6) is 5.75 Å². The molecule has 1 aromatic rings. The molecule has 0 spiro atoms. The predicted molar refractivity (Wildman–Crippen MR) is 58.1 cm³/mol. The lowest BCUT2D eigenvalue weighted by Gasteiger charge is -2.17. The molecule has 0 unspecified atom stereocenters. The maximum Gasteiger partial charge on any atom is 0.260 e. The van der Waals surface area contributed by atoms with E-state index < -0.39 is 5.82 Å². The Bertz CT molecular complexity index is 400. The van der Waals surface area contributed by atoms with Crippen molar-refractivity contribution in [3.05, 3.63) is 29.6 Å². The summed E-state index contributed by atoms with van der Waals surface area (Å²) in [5.74, 6) is -0.486. The number of carbonyl (C=O) groups is 1. The molecule has 1 saturated heterocycles. The normalized spacial score (nSPS) is 15.2. The van der Waals surface area contributed by atoms with E-state index in [1.807, 2.05) is 0 Å². The van der Waals surface area contributed by atoms with Crippen molar-refractivity contribution in [2.24, 2.45) is 0 Å². The average molecular weight is 223 g/mol. The SMILES string of the molecule is COc1cccc(F)c1C(=O)N1CCCC1. The van der Waals surface area contributed by atoms with E-state index in [9.17, 15) is 9.18 Å². The molecule has 1 aromatic carbocycles. The maximum atomic E-state index is 13.6. The topological polar surface area (TPSA) is 29.5 Å². The summed E-state index contributed by atoms with van der Waals surface area (Å²) in [7, 11) is 1.44. The summed E-state index contributed by atoms with van der Waals surface area (Å²) < 4.78 is 18.6. The molecular weight excluding hydrogens is 209 g/mol. The summed E-state index contributed by atoms with van der Waals surface area (Å²) in [6.45, 7) is 1.41. The highest BCUT2D eigenvalue weighted by atomic mass is 19.1. The zero-order chi connectivity index (χ0) is 11.5. The third kappa shape index (κ3) is 1.87. The molecule has 0 aromatic heterocycles. The van der Waals surface area contributed by atoms with Crippen LogP contribution in [0.3, 0.4) is 0 Å². The van der Waals surface area contributed by atoms with E-state index in [0.717, 1.165) is 12.8 Å². The number of amides is 1. The van der Waals surface area contributed by atoms with Crippen LogP contribution in [0.15, 0.2) is 18.2 Å². The van der Waals surface area contributed by atoms with Gasteiger partial charge in [-0.1, -0.05) is 6.07 Å². The molecule has 0 saturated carbocycles. The Balaban J connectivity index is 2.34. The number of ether oxygens (including phenoxy) is 1. The summed E-state index contributed by atoms with van der Waals surface area (Å²) in [5.41, 5.74) is 0.0481. The van der Waals surface area contributed by atoms with Crippen LogP contribution in [0.2, 0.25) is 0 Å². The number of halogens is 1. The summed E-state index contributed by atoms with van der Waals surface area (Å²) >= 11 is 0. The molecule has 16 heavy (non-hydrogen) atoms. The van der Waals surface area contributed by atoms with Gasteiger partial charge in [-0.15, -0.1) is 0 Å². The zero-order valence-corrected chi connectivity index (χ0v) is 9.20. The second kappa shape index (κ2) is 4.51. The van der Waals surface area contributed by atoms with E-state index >= 15 is 0 Å². The number of carbonyl (C=O) groups excluding carboxylic acids is 1. The Labute approximate surface area is 93.8 Å². The molecule has 0 aliphatic carbocycles. The first-order valence-corrected chi connectivity index (χ1v) is 5.36. The number of hydrogen-bond donors (Lipinski definition) is 0. The molecule has 3 nitrogen and oxygen atoms in total. The van der Waals surface area contributed by atoms with Crippen LogP contribution in [-0.2, 0) is 0 Å². The van der Waals surface area contributed by atoms with Crippen LogP contribution in [-0.4, -0.2) is 31.0 Å². The minimum Gasteiger partial charge on any atom is -0.496 e. The molecule has 2 rings (SSSR count). The Morgan fingerprint density at radius 3 is 2.69 bits per heavy atom. The van der Waals surface area contributed by atoms with Gasteiger partial charge in [-0.05, 0) is 25.0 Å². The number of nitrogens with zero attached hydrogens (tertiary/aromatic N) is 1. The van der Waals surface area contributed by atoms with Crippen molar-refractivity contribution < 1.29 is 13.9 Å². The van der Waals surface area contributed by atoms with Crippen molar-refractivity contribution in [2.45, 2.75) is 12.8 Å². The highest BCUT2D eigenvalue weighted by Crippen LogP contribution is 2.24. The lowest BCUT2D eigenvalue weighted by atomic mass is 10.1. The quantitative estimate of drug-likeness (QED) is 0.768. The van der Waals surface area contributed by atoms with Gasteiger partial charge in [0.25, 0.3) is 5.91 Å². The summed E-state index contributed by atoms with van der Waals surface area (Å²) in [5, 5.41) is 0. The number of methoxy groups -OCH3 is 1. The highest BCUT2D eigenvalue weighted by molar-refractivity contribution is 5.97. The third-order valence-electron chi connectivity index (χ3n) is 2.80. The Morgan fingerprint density at radius 1 is 1.38 bits per heavy atom. The molecule has 1 aliphatic rings. The molecule has 0 bridgehead atoms. The first-order chi connectivity index (χ1) is 7.74. The fourth-order valence-electron chi connectivity index (χ4n) is 1.96. The van der Waals surface area contributed by atoms with Crippen molar-refractivity contribution >= 4 is 5.91 Å². The smallest absolute Gasteiger partial charge is 0.260 e. The van der Waals surface area contributed by atoms with Gasteiger partial charge in [0.1, 0.15) is 17.1 Å². The molecule has 86 valence electrons. The second-order valence-electron chi connectivity index (χ2n) is 3.82. The minimum absolute atomic E-state index is 0.0481. The van der Waals surface area contributed by atoms with Gasteiger partial charge in [-0.3, -0.25) is 4.79 Å². The fourth-order valence-corrected chi connectivity index (χ4v) is 1.96. The fraction of sp³-hybridized carbons (Fsp3) is 0.417. The zero-order valence-electron chi connectivity index (χ0n) is 9.20. The van der Waals surface area contributed by atoms with Gasteiger partial charge in [0.2, 0.25) is 0 Å². The first kappa shape index (κ1) is 10.9. The Kier molecular flexibility index (Phi) is 3.08. The number of likely N-dealkylation sites (tertiary alicyclic amines) is 1. The molecule has 1 fully saturated rings. The van der Waals surface area contributed by atoms with Gasteiger partial charge in [0, 0.05) is 13.1 Å². The largest absolute Gasteiger partial charge is 0.496 e. The van der Waals surface area contributed by atoms with Crippen molar-refractivity contribution in [3.8, 4) is 5.75 Å². The third-order valence-corrected chi connectivity index (χ3v) is 2.80. The van der Waals surface area contributed by atoms with Crippen molar-refractivity contribution in [1.82, 2.24) is 4.90 Å². The Morgan fingerprint density at radius 2 is 2.06 bits per heavy atom. The summed E-state index contributed by atoms with van der Waals surface area (Å²) in [6.07, 6.45) is 1.98. The maximum absolute atomic E-state index is 13.6. The Hall–Kier alpha value is -1.58. The van der Waals surface area contributed by atoms with Crippen LogP contribution in [0.4, 0.5) is 4.39 Å². The molecule has 0 radical (unpaired) electrons. The van der Waals surface area contributed by atoms with Gasteiger partial charge >= 0.3 is 0 Å². The van der Waals surface area contributed by atoms with Gasteiger partial charge in [-0.2, -0.15) is 0 Å². The second-order valence-corrected chi connectivity index (χ2v) is 3.82. The first-order valence-electron chi connectivity index (χ1n) is 5.36. The minimum atomic E-state index is -0.517. The van der Waals surface area contributed by atoms with Gasteiger partial charge in [0.15, 0.2) is 0 Å². The van der Waals surface area contributed by atoms with E-state index in [1.54, 1.807) is 11.0 Å². The lowest BCUT2D eigenvalue weighted by molar-refractivity contribution is 0.0784. The highest BCUT2D eigenvalue weighted by Gasteiger charge is 2.25. The number of benzene rings is 1. The molecule has 1 heterocycles. The molecule has 0 N–H and O–H groups in total. The van der Waals surface area contributed by atoms with Crippen molar-refractivity contribution in [3.63, 3.8) is 0 Å². The van der Waals surface area contributed by atoms with Crippen LogP contribution in [0.1, 0.15) is 23.2 Å². The van der Waals surface area contributed by atoms with E-state index in [2.05, 4.69) is 0 Å². The molecular formula is C12H14FNO2. The average Bonchev–Trinajstić information content (AvgIpc) is 2.81. The van der Waals surface area contributed by atoms with Crippen LogP contribution < -0.4 is 4.74 Å². The van der Waals surface area contributed by atoms with Crippen LogP contribution in [0, 0.1) is 5.82 Å². The number of hydrogen-bond acceptors (Lipinski definition) is 2. The van der Waals surface area contributed by atoms with Crippen molar-refractivity contribution in [1.29, 1.82) is 0 Å². The standard InChI is InChI=1S/C12H14FNO2/c1-16-10-6-4-5-9(13)11(10)12(15)14-7-2-3-8-14/h4-6H,2-3,7-8H2,1H3. The van der Waals surface area contributed by atoms with Crippen LogP contribution in [0.25, 0.3) is 0 Å². The molecule has 1 amide bonds. The van der Waals surface area contributed by atoms with Crippen molar-refractivity contribution in [2.75, 3.05) is 20.2 Å². The van der Waals surface area contributed by atoms with Gasteiger partial charge in [-0.25, -0.2) is 4.39 Å². The monoisotopic (exact) mass is 223 g/mol. The summed E-state index contributed by atoms with van der Waals surface area (Å²) in [6, 6.07) is 4.42. The van der Waals surface area contributed by atoms with E-state index in [4.69, 9.17) is 4.74 Å². The summed E-state index contributed by atoms with van der Waals surface area (Å²) in [4.78, 5) is 13.7. The molecule has 4 heteroatoms. The van der Waals surface area contributed by atoms with Crippen LogP contribution >= 0.6 is 0 Å². The predicted octanol–water partition coefficient (Wildman–Crippen LogP) is 2.07. The van der Waals surface area contributed by atoms with Gasteiger partial charge < -0.3 is 9.64 Å².